The third-order valence-corrected chi connectivity index (χ3v) is 5.08. The Kier molecular flexibility index (Phi) is 6.49. The summed E-state index contributed by atoms with van der Waals surface area (Å²) < 4.78 is 1.96. The third-order valence-electron chi connectivity index (χ3n) is 5.08. The van der Waals surface area contributed by atoms with Crippen molar-refractivity contribution in [1.29, 1.82) is 0 Å². The summed E-state index contributed by atoms with van der Waals surface area (Å²) in [7, 11) is 0. The zero-order valence-corrected chi connectivity index (χ0v) is 17.1. The molecule has 6 nitrogen and oxygen atoms in total. The highest BCUT2D eigenvalue weighted by molar-refractivity contribution is 5.97. The number of aromatic nitrogens is 2. The van der Waals surface area contributed by atoms with Gasteiger partial charge in [-0.2, -0.15) is 0 Å². The van der Waals surface area contributed by atoms with E-state index in [2.05, 4.69) is 24.1 Å². The molecule has 0 bridgehead atoms. The summed E-state index contributed by atoms with van der Waals surface area (Å²) >= 11 is 0. The van der Waals surface area contributed by atoms with Crippen LogP contribution in [0.4, 0.5) is 0 Å². The van der Waals surface area contributed by atoms with Crippen molar-refractivity contribution in [3.63, 3.8) is 0 Å². The first kappa shape index (κ1) is 20.1. The second-order valence-electron chi connectivity index (χ2n) is 7.75. The summed E-state index contributed by atoms with van der Waals surface area (Å²) in [6.07, 6.45) is 2.81. The summed E-state index contributed by atoms with van der Waals surface area (Å²) in [6.45, 7) is 8.55. The van der Waals surface area contributed by atoms with Gasteiger partial charge in [0, 0.05) is 26.2 Å². The van der Waals surface area contributed by atoms with Gasteiger partial charge in [0.05, 0.1) is 5.69 Å². The first-order valence-electron chi connectivity index (χ1n) is 10.2. The fourth-order valence-electron chi connectivity index (χ4n) is 3.54. The normalized spacial score (nSPS) is 13.3. The Morgan fingerprint density at radius 1 is 1.21 bits per heavy atom. The Bertz CT molecular complexity index is 827. The van der Waals surface area contributed by atoms with Gasteiger partial charge in [-0.05, 0) is 37.7 Å². The van der Waals surface area contributed by atoms with Crippen LogP contribution in [0.5, 0.6) is 0 Å². The molecule has 0 radical (unpaired) electrons. The van der Waals surface area contributed by atoms with Crippen molar-refractivity contribution in [2.24, 2.45) is 5.92 Å². The van der Waals surface area contributed by atoms with Crippen LogP contribution >= 0.6 is 0 Å². The molecule has 0 saturated heterocycles. The number of hydrogen-bond acceptors (Lipinski definition) is 3. The molecule has 2 amide bonds. The molecule has 0 atom stereocenters. The smallest absolute Gasteiger partial charge is 0.290 e. The molecule has 1 aromatic carbocycles. The van der Waals surface area contributed by atoms with Crippen LogP contribution in [0.2, 0.25) is 0 Å². The minimum atomic E-state index is -0.176. The number of nitrogens with zero attached hydrogens (tertiary/aromatic N) is 3. The number of nitrogens with one attached hydrogen (secondary N) is 1. The quantitative estimate of drug-likeness (QED) is 0.799. The Hall–Kier alpha value is -2.63. The summed E-state index contributed by atoms with van der Waals surface area (Å²) in [4.78, 5) is 32.3. The monoisotopic (exact) mass is 382 g/mol. The second-order valence-corrected chi connectivity index (χ2v) is 7.75. The van der Waals surface area contributed by atoms with Crippen LogP contribution in [0.1, 0.15) is 66.0 Å². The molecule has 2 aromatic rings. The largest absolute Gasteiger partial charge is 0.350 e. The predicted octanol–water partition coefficient (Wildman–Crippen LogP) is 3.27. The lowest BCUT2D eigenvalue weighted by Gasteiger charge is -2.22. The number of carbonyl (C=O) groups is 2. The Morgan fingerprint density at radius 3 is 2.64 bits per heavy atom. The van der Waals surface area contributed by atoms with Crippen molar-refractivity contribution in [3.05, 3.63) is 53.1 Å². The van der Waals surface area contributed by atoms with Crippen LogP contribution in [0, 0.1) is 5.92 Å². The predicted molar refractivity (Wildman–Crippen MR) is 109 cm³/mol. The van der Waals surface area contributed by atoms with Crippen molar-refractivity contribution in [3.8, 4) is 0 Å². The van der Waals surface area contributed by atoms with Gasteiger partial charge in [-0.3, -0.25) is 9.59 Å². The molecule has 28 heavy (non-hydrogen) atoms. The highest BCUT2D eigenvalue weighted by Crippen LogP contribution is 2.22. The molecular formula is C22H30N4O2. The van der Waals surface area contributed by atoms with Gasteiger partial charge < -0.3 is 14.8 Å². The minimum Gasteiger partial charge on any atom is -0.350 e. The molecule has 0 unspecified atom stereocenters. The van der Waals surface area contributed by atoms with Gasteiger partial charge >= 0.3 is 0 Å². The lowest BCUT2D eigenvalue weighted by atomic mass is 10.1. The molecule has 6 heteroatoms. The lowest BCUT2D eigenvalue weighted by Crippen LogP contribution is -2.33. The van der Waals surface area contributed by atoms with E-state index in [-0.39, 0.29) is 11.8 Å². The maximum absolute atomic E-state index is 13.3. The van der Waals surface area contributed by atoms with E-state index in [1.54, 1.807) is 4.90 Å². The fourth-order valence-corrected chi connectivity index (χ4v) is 3.54. The second kappa shape index (κ2) is 9.04. The molecule has 0 aliphatic carbocycles. The lowest BCUT2D eigenvalue weighted by molar-refractivity contribution is 0.0734. The van der Waals surface area contributed by atoms with E-state index in [9.17, 15) is 9.59 Å². The van der Waals surface area contributed by atoms with Gasteiger partial charge in [-0.1, -0.05) is 44.2 Å². The fraction of sp³-hybridized carbons (Fsp3) is 0.500. The maximum atomic E-state index is 13.3. The number of amides is 2. The molecule has 3 rings (SSSR count). The average molecular weight is 383 g/mol. The first-order valence-corrected chi connectivity index (χ1v) is 10.2. The molecule has 1 aromatic heterocycles. The van der Waals surface area contributed by atoms with Crippen LogP contribution < -0.4 is 5.32 Å². The van der Waals surface area contributed by atoms with Gasteiger partial charge in [0.1, 0.15) is 5.69 Å². The van der Waals surface area contributed by atoms with Gasteiger partial charge in [0.25, 0.3) is 11.8 Å². The molecule has 1 aliphatic rings. The molecule has 1 aliphatic heterocycles. The molecular weight excluding hydrogens is 352 g/mol. The zero-order chi connectivity index (χ0) is 20.1. The topological polar surface area (TPSA) is 67.2 Å². The van der Waals surface area contributed by atoms with Crippen molar-refractivity contribution in [2.45, 2.75) is 53.1 Å². The van der Waals surface area contributed by atoms with Crippen LogP contribution in [-0.4, -0.2) is 39.4 Å². The van der Waals surface area contributed by atoms with E-state index < -0.39 is 0 Å². The summed E-state index contributed by atoms with van der Waals surface area (Å²) in [5.41, 5.74) is 2.39. The summed E-state index contributed by atoms with van der Waals surface area (Å²) in [6, 6.07) is 9.95. The number of imidazole rings is 1. The van der Waals surface area contributed by atoms with Gasteiger partial charge in [-0.25, -0.2) is 4.98 Å². The summed E-state index contributed by atoms with van der Waals surface area (Å²) in [5.74, 6) is 0.467. The molecule has 1 N–H and O–H groups in total. The first-order chi connectivity index (χ1) is 13.5. The number of benzene rings is 1. The minimum absolute atomic E-state index is 0.114. The molecule has 0 saturated carbocycles. The van der Waals surface area contributed by atoms with Crippen molar-refractivity contribution < 1.29 is 9.59 Å². The van der Waals surface area contributed by atoms with E-state index in [0.29, 0.717) is 37.1 Å². The Balaban J connectivity index is 1.87. The van der Waals surface area contributed by atoms with Gasteiger partial charge in [0.15, 0.2) is 5.82 Å². The molecule has 150 valence electrons. The Labute approximate surface area is 166 Å². The number of rotatable bonds is 7. The highest BCUT2D eigenvalue weighted by atomic mass is 16.2. The van der Waals surface area contributed by atoms with Gasteiger partial charge in [-0.15, -0.1) is 0 Å². The van der Waals surface area contributed by atoms with Crippen molar-refractivity contribution in [2.75, 3.05) is 13.1 Å². The number of carbonyl (C=O) groups excluding carboxylic acids is 2. The van der Waals surface area contributed by atoms with E-state index in [1.807, 2.05) is 41.8 Å². The third kappa shape index (κ3) is 4.43. The van der Waals surface area contributed by atoms with Crippen molar-refractivity contribution >= 4 is 11.8 Å². The van der Waals surface area contributed by atoms with Crippen LogP contribution in [0.15, 0.2) is 30.3 Å². The van der Waals surface area contributed by atoms with Crippen molar-refractivity contribution in [1.82, 2.24) is 19.8 Å². The number of hydrogen-bond donors (Lipinski definition) is 1. The maximum Gasteiger partial charge on any atom is 0.290 e. The number of fused-ring (bicyclic) bond motifs is 1. The van der Waals surface area contributed by atoms with Crippen LogP contribution in [0.25, 0.3) is 0 Å². The Morgan fingerprint density at radius 2 is 1.96 bits per heavy atom. The molecule has 0 fully saturated rings. The SMILES string of the molecule is CCN(Cc1ccccc1)C(=O)c1nc(C(=O)NCC(C)C)c2n1CCCC2. The molecule has 0 spiro atoms. The standard InChI is InChI=1S/C22H30N4O2/c1-4-25(15-17-10-6-5-7-11-17)22(28)20-24-19(21(27)23-14-16(2)3)18-12-8-9-13-26(18)20/h5-7,10-11,16H,4,8-9,12-15H2,1-3H3,(H,23,27). The van der Waals surface area contributed by atoms with Gasteiger partial charge in [0.2, 0.25) is 0 Å². The van der Waals surface area contributed by atoms with E-state index in [4.69, 9.17) is 0 Å². The van der Waals surface area contributed by atoms with E-state index in [0.717, 1.165) is 37.1 Å². The van der Waals surface area contributed by atoms with E-state index in [1.165, 1.54) is 0 Å². The van der Waals surface area contributed by atoms with Crippen LogP contribution in [0.3, 0.4) is 0 Å². The van der Waals surface area contributed by atoms with E-state index >= 15 is 0 Å². The summed E-state index contributed by atoms with van der Waals surface area (Å²) in [5, 5.41) is 2.94. The molecule has 2 heterocycles. The van der Waals surface area contributed by atoms with Crippen LogP contribution in [-0.2, 0) is 19.5 Å². The highest BCUT2D eigenvalue weighted by Gasteiger charge is 2.29. The zero-order valence-electron chi connectivity index (χ0n) is 17.1. The average Bonchev–Trinajstić information content (AvgIpc) is 3.10.